The maximum Gasteiger partial charge on any atom is 0.0747 e. The fourth-order valence-electron chi connectivity index (χ4n) is 11.1. The molecule has 2 heterocycles. The predicted octanol–water partition coefficient (Wildman–Crippen LogP) is 16.8. The van der Waals surface area contributed by atoms with Crippen LogP contribution in [0.2, 0.25) is 0 Å². The van der Waals surface area contributed by atoms with Crippen LogP contribution in [-0.4, -0.2) is 9.55 Å². The molecule has 3 heteroatoms. The Kier molecular flexibility index (Phi) is 9.21. The fraction of sp³-hybridized carbons (Fsp3) is 0.141. The third-order valence-electron chi connectivity index (χ3n) is 14.3. The highest BCUT2D eigenvalue weighted by molar-refractivity contribution is 6.06. The smallest absolute Gasteiger partial charge is 0.0747 e. The van der Waals surface area contributed by atoms with Gasteiger partial charge >= 0.3 is 0 Å². The standard InChI is InChI=1S/C64H53N3/c1-62(2,3)44-29-33-46(34-30-44)66(47-35-31-45(32-36-47)63(4,5)6)48-37-38-59-53(39-48)60-61(67(59)49-40-57(42-19-9-7-10-20-42)65-58(41-49)43-21-11-8-12-22-43)52-25-15-18-28-56(52)64(60)54-26-16-13-23-50(54)51-24-14-17-27-55(51)64/h7-41H,1-6H3. The summed E-state index contributed by atoms with van der Waals surface area (Å²) in [6.45, 7) is 13.7. The number of aromatic nitrogens is 2. The molecule has 12 rings (SSSR count). The first-order chi connectivity index (χ1) is 32.5. The van der Waals surface area contributed by atoms with Gasteiger partial charge in [0.2, 0.25) is 0 Å². The molecule has 10 aromatic rings. The van der Waals surface area contributed by atoms with Gasteiger partial charge in [0.1, 0.15) is 0 Å². The average Bonchev–Trinajstić information content (AvgIpc) is 3.96. The summed E-state index contributed by atoms with van der Waals surface area (Å²) < 4.78 is 2.55. The van der Waals surface area contributed by atoms with Gasteiger partial charge in [0.15, 0.2) is 0 Å². The van der Waals surface area contributed by atoms with E-state index in [0.29, 0.717) is 0 Å². The molecule has 2 aromatic heterocycles. The predicted molar refractivity (Wildman–Crippen MR) is 280 cm³/mol. The summed E-state index contributed by atoms with van der Waals surface area (Å²) in [4.78, 5) is 7.80. The molecule has 3 nitrogen and oxygen atoms in total. The van der Waals surface area contributed by atoms with Gasteiger partial charge in [0, 0.05) is 44.7 Å². The Labute approximate surface area is 394 Å². The van der Waals surface area contributed by atoms with E-state index >= 15 is 0 Å². The molecule has 2 aliphatic carbocycles. The third-order valence-corrected chi connectivity index (χ3v) is 14.3. The van der Waals surface area contributed by atoms with Crippen molar-refractivity contribution in [2.75, 3.05) is 4.90 Å². The van der Waals surface area contributed by atoms with Gasteiger partial charge in [-0.15, -0.1) is 0 Å². The van der Waals surface area contributed by atoms with Crippen molar-refractivity contribution in [1.29, 1.82) is 0 Å². The molecule has 2 aliphatic rings. The summed E-state index contributed by atoms with van der Waals surface area (Å²) in [7, 11) is 0. The number of hydrogen-bond acceptors (Lipinski definition) is 2. The quantitative estimate of drug-likeness (QED) is 0.166. The van der Waals surface area contributed by atoms with Crippen LogP contribution in [0.15, 0.2) is 212 Å². The van der Waals surface area contributed by atoms with Gasteiger partial charge in [-0.2, -0.15) is 0 Å². The molecule has 0 aliphatic heterocycles. The van der Waals surface area contributed by atoms with Crippen LogP contribution in [-0.2, 0) is 16.2 Å². The van der Waals surface area contributed by atoms with E-state index in [1.54, 1.807) is 0 Å². The van der Waals surface area contributed by atoms with E-state index in [2.05, 4.69) is 263 Å². The summed E-state index contributed by atoms with van der Waals surface area (Å²) in [5.41, 5.74) is 22.0. The number of anilines is 3. The van der Waals surface area contributed by atoms with Crippen molar-refractivity contribution < 1.29 is 0 Å². The normalized spacial score (nSPS) is 13.3. The van der Waals surface area contributed by atoms with Crippen molar-refractivity contribution in [3.63, 3.8) is 0 Å². The lowest BCUT2D eigenvalue weighted by molar-refractivity contribution is 0.590. The Hall–Kier alpha value is -7.75. The van der Waals surface area contributed by atoms with Crippen LogP contribution < -0.4 is 4.90 Å². The number of pyridine rings is 1. The van der Waals surface area contributed by atoms with Crippen LogP contribution in [0.3, 0.4) is 0 Å². The lowest BCUT2D eigenvalue weighted by Crippen LogP contribution is -2.25. The van der Waals surface area contributed by atoms with E-state index in [0.717, 1.165) is 50.8 Å². The summed E-state index contributed by atoms with van der Waals surface area (Å²) in [5, 5.41) is 1.22. The molecule has 0 atom stereocenters. The highest BCUT2D eigenvalue weighted by Crippen LogP contribution is 2.65. The van der Waals surface area contributed by atoms with Crippen molar-refractivity contribution >= 4 is 28.0 Å². The molecule has 8 aromatic carbocycles. The lowest BCUT2D eigenvalue weighted by Gasteiger charge is -2.31. The first-order valence-electron chi connectivity index (χ1n) is 23.6. The second-order valence-electron chi connectivity index (χ2n) is 20.4. The molecule has 0 saturated carbocycles. The maximum atomic E-state index is 5.36. The second kappa shape index (κ2) is 15.2. The zero-order valence-electron chi connectivity index (χ0n) is 39.0. The molecule has 0 fully saturated rings. The van der Waals surface area contributed by atoms with Crippen LogP contribution in [0.4, 0.5) is 17.1 Å². The van der Waals surface area contributed by atoms with E-state index in [1.165, 1.54) is 61.2 Å². The number of benzene rings is 8. The average molecular weight is 864 g/mol. The number of fused-ring (bicyclic) bond motifs is 12. The van der Waals surface area contributed by atoms with E-state index in [-0.39, 0.29) is 10.8 Å². The zero-order chi connectivity index (χ0) is 45.7. The molecular weight excluding hydrogens is 811 g/mol. The maximum absolute atomic E-state index is 5.36. The van der Waals surface area contributed by atoms with Gasteiger partial charge in [-0.05, 0) is 104 Å². The monoisotopic (exact) mass is 863 g/mol. The molecule has 0 bridgehead atoms. The topological polar surface area (TPSA) is 21.1 Å². The van der Waals surface area contributed by atoms with Crippen molar-refractivity contribution in [3.05, 3.63) is 246 Å². The summed E-state index contributed by atoms with van der Waals surface area (Å²) in [5.74, 6) is 0. The highest BCUT2D eigenvalue weighted by Gasteiger charge is 2.54. The van der Waals surface area contributed by atoms with Gasteiger partial charge in [0.25, 0.3) is 0 Å². The molecule has 1 spiro atoms. The van der Waals surface area contributed by atoms with Crippen LogP contribution in [0.25, 0.3) is 61.5 Å². The van der Waals surface area contributed by atoms with E-state index < -0.39 is 5.41 Å². The van der Waals surface area contributed by atoms with Crippen LogP contribution in [0.1, 0.15) is 74.9 Å². The Balaban J connectivity index is 1.20. The SMILES string of the molecule is CC(C)(C)c1ccc(N(c2ccc(C(C)(C)C)cc2)c2ccc3c(c2)c2c(n3-c3cc(-c4ccccc4)nc(-c4ccccc4)c3)-c3ccccc3C23c2ccccc2-c2ccccc23)cc1. The molecule has 0 amide bonds. The van der Waals surface area contributed by atoms with Crippen LogP contribution >= 0.6 is 0 Å². The Morgan fingerprint density at radius 1 is 0.418 bits per heavy atom. The van der Waals surface area contributed by atoms with Crippen molar-refractivity contribution in [2.24, 2.45) is 0 Å². The van der Waals surface area contributed by atoms with Crippen molar-refractivity contribution in [1.82, 2.24) is 9.55 Å². The first kappa shape index (κ1) is 40.7. The van der Waals surface area contributed by atoms with Gasteiger partial charge < -0.3 is 9.47 Å². The molecule has 0 N–H and O–H groups in total. The van der Waals surface area contributed by atoms with Crippen molar-refractivity contribution in [2.45, 2.75) is 57.8 Å². The molecule has 324 valence electrons. The van der Waals surface area contributed by atoms with Gasteiger partial charge in [0.05, 0.1) is 33.7 Å². The largest absolute Gasteiger partial charge is 0.310 e. The highest BCUT2D eigenvalue weighted by atomic mass is 15.1. The summed E-state index contributed by atoms with van der Waals surface area (Å²) >= 11 is 0. The summed E-state index contributed by atoms with van der Waals surface area (Å²) in [6, 6.07) is 78.8. The van der Waals surface area contributed by atoms with Gasteiger partial charge in [-0.25, -0.2) is 4.98 Å². The molecule has 0 unspecified atom stereocenters. The Morgan fingerprint density at radius 2 is 0.836 bits per heavy atom. The molecular formula is C64H53N3. The number of hydrogen-bond donors (Lipinski definition) is 0. The molecule has 0 saturated heterocycles. The summed E-state index contributed by atoms with van der Waals surface area (Å²) in [6.07, 6.45) is 0. The minimum atomic E-state index is -0.563. The zero-order valence-corrected chi connectivity index (χ0v) is 39.0. The Morgan fingerprint density at radius 3 is 1.31 bits per heavy atom. The minimum Gasteiger partial charge on any atom is -0.310 e. The number of nitrogens with zero attached hydrogens (tertiary/aromatic N) is 3. The molecule has 67 heavy (non-hydrogen) atoms. The van der Waals surface area contributed by atoms with E-state index in [4.69, 9.17) is 4.98 Å². The van der Waals surface area contributed by atoms with Gasteiger partial charge in [-0.3, -0.25) is 0 Å². The molecule has 0 radical (unpaired) electrons. The van der Waals surface area contributed by atoms with Crippen LogP contribution in [0, 0.1) is 0 Å². The third kappa shape index (κ3) is 6.36. The Bertz CT molecular complexity index is 3350. The number of rotatable bonds is 6. The van der Waals surface area contributed by atoms with Gasteiger partial charge in [-0.1, -0.05) is 199 Å². The minimum absolute atomic E-state index is 0.0327. The lowest BCUT2D eigenvalue weighted by atomic mass is 9.70. The first-order valence-corrected chi connectivity index (χ1v) is 23.6. The second-order valence-corrected chi connectivity index (χ2v) is 20.4. The van der Waals surface area contributed by atoms with Crippen molar-refractivity contribution in [3.8, 4) is 50.6 Å². The van der Waals surface area contributed by atoms with Crippen LogP contribution in [0.5, 0.6) is 0 Å². The van der Waals surface area contributed by atoms with E-state index in [1.807, 2.05) is 0 Å². The fourth-order valence-corrected chi connectivity index (χ4v) is 11.1. The van der Waals surface area contributed by atoms with E-state index in [9.17, 15) is 0 Å².